The van der Waals surface area contributed by atoms with Crippen LogP contribution in [-0.4, -0.2) is 55.1 Å². The highest BCUT2D eigenvalue weighted by Gasteiger charge is 2.08. The summed E-state index contributed by atoms with van der Waals surface area (Å²) in [7, 11) is 6.26. The Hall–Kier alpha value is -2.86. The highest BCUT2D eigenvalue weighted by atomic mass is 16.1. The molecule has 0 saturated carbocycles. The van der Waals surface area contributed by atoms with Gasteiger partial charge in [-0.3, -0.25) is 9.36 Å². The molecular formula is C19H23N5O. The molecule has 0 spiro atoms. The Bertz CT molecular complexity index is 854. The average Bonchev–Trinajstić information content (AvgIpc) is 3.03. The zero-order valence-electron chi connectivity index (χ0n) is 14.8. The fraction of sp³-hybridized carbons (Fsp3) is 0.263. The van der Waals surface area contributed by atoms with Gasteiger partial charge in [0.1, 0.15) is 6.33 Å². The Balaban J connectivity index is 1.91. The molecule has 0 saturated heterocycles. The van der Waals surface area contributed by atoms with Crippen molar-refractivity contribution in [3.8, 4) is 5.69 Å². The summed E-state index contributed by atoms with van der Waals surface area (Å²) in [6, 6.07) is 14.0. The van der Waals surface area contributed by atoms with Crippen molar-refractivity contribution in [2.24, 2.45) is 0 Å². The molecule has 0 aliphatic heterocycles. The predicted octanol–water partition coefficient (Wildman–Crippen LogP) is 2.59. The number of hydrogen-bond acceptors (Lipinski definition) is 4. The lowest BCUT2D eigenvalue weighted by atomic mass is 10.2. The van der Waals surface area contributed by atoms with Crippen LogP contribution in [0.3, 0.4) is 0 Å². The van der Waals surface area contributed by atoms with Crippen LogP contribution in [-0.2, 0) is 4.79 Å². The molecule has 25 heavy (non-hydrogen) atoms. The zero-order chi connectivity index (χ0) is 17.8. The first-order valence-electron chi connectivity index (χ1n) is 8.22. The molecule has 0 fully saturated rings. The van der Waals surface area contributed by atoms with E-state index in [1.54, 1.807) is 0 Å². The van der Waals surface area contributed by atoms with Gasteiger partial charge in [0.2, 0.25) is 6.41 Å². The lowest BCUT2D eigenvalue weighted by Crippen LogP contribution is -2.28. The Kier molecular flexibility index (Phi) is 5.00. The molecule has 1 heterocycles. The van der Waals surface area contributed by atoms with E-state index in [-0.39, 0.29) is 0 Å². The van der Waals surface area contributed by atoms with Crippen LogP contribution in [0.1, 0.15) is 0 Å². The van der Waals surface area contributed by atoms with Gasteiger partial charge in [0.25, 0.3) is 0 Å². The first-order chi connectivity index (χ1) is 12.1. The average molecular weight is 337 g/mol. The summed E-state index contributed by atoms with van der Waals surface area (Å²) in [6.07, 6.45) is 2.51. The SMILES string of the molecule is CN(C)CCN(C)c1ccc2ncn(-c3ccc(NC=O)cc3)c2c1. The number of aromatic nitrogens is 2. The van der Waals surface area contributed by atoms with E-state index in [2.05, 4.69) is 64.0 Å². The largest absolute Gasteiger partial charge is 0.373 e. The normalized spacial score (nSPS) is 11.0. The molecule has 130 valence electrons. The third-order valence-corrected chi connectivity index (χ3v) is 4.23. The maximum Gasteiger partial charge on any atom is 0.211 e. The monoisotopic (exact) mass is 337 g/mol. The Morgan fingerprint density at radius 3 is 2.52 bits per heavy atom. The van der Waals surface area contributed by atoms with Crippen LogP contribution in [0.15, 0.2) is 48.8 Å². The molecule has 6 nitrogen and oxygen atoms in total. The minimum absolute atomic E-state index is 0.678. The van der Waals surface area contributed by atoms with Gasteiger partial charge in [-0.15, -0.1) is 0 Å². The van der Waals surface area contributed by atoms with Gasteiger partial charge >= 0.3 is 0 Å². The molecule has 1 N–H and O–H groups in total. The number of nitrogens with one attached hydrogen (secondary N) is 1. The second kappa shape index (κ2) is 7.36. The van der Waals surface area contributed by atoms with Crippen molar-refractivity contribution in [3.05, 3.63) is 48.8 Å². The first kappa shape index (κ1) is 17.0. The molecular weight excluding hydrogens is 314 g/mol. The fourth-order valence-corrected chi connectivity index (χ4v) is 2.70. The molecule has 1 aromatic heterocycles. The van der Waals surface area contributed by atoms with Gasteiger partial charge < -0.3 is 15.1 Å². The van der Waals surface area contributed by atoms with Crippen LogP contribution < -0.4 is 10.2 Å². The summed E-state index contributed by atoms with van der Waals surface area (Å²) >= 11 is 0. The van der Waals surface area contributed by atoms with Crippen LogP contribution in [0.2, 0.25) is 0 Å². The van der Waals surface area contributed by atoms with Crippen molar-refractivity contribution in [2.75, 3.05) is 44.4 Å². The van der Waals surface area contributed by atoms with E-state index in [1.165, 1.54) is 0 Å². The van der Waals surface area contributed by atoms with Crippen molar-refractivity contribution in [1.82, 2.24) is 14.5 Å². The van der Waals surface area contributed by atoms with E-state index in [1.807, 2.05) is 30.6 Å². The highest BCUT2D eigenvalue weighted by molar-refractivity contribution is 5.82. The van der Waals surface area contributed by atoms with Crippen LogP contribution in [0.25, 0.3) is 16.7 Å². The van der Waals surface area contributed by atoms with Gasteiger partial charge in [-0.25, -0.2) is 4.98 Å². The smallest absolute Gasteiger partial charge is 0.211 e. The first-order valence-corrected chi connectivity index (χ1v) is 8.22. The molecule has 0 radical (unpaired) electrons. The molecule has 3 rings (SSSR count). The number of rotatable bonds is 7. The van der Waals surface area contributed by atoms with Crippen molar-refractivity contribution >= 4 is 28.8 Å². The molecule has 2 aromatic carbocycles. The molecule has 0 aliphatic carbocycles. The molecule has 0 bridgehead atoms. The second-order valence-corrected chi connectivity index (χ2v) is 6.32. The number of fused-ring (bicyclic) bond motifs is 1. The van der Waals surface area contributed by atoms with Crippen molar-refractivity contribution in [3.63, 3.8) is 0 Å². The van der Waals surface area contributed by atoms with Crippen molar-refractivity contribution < 1.29 is 4.79 Å². The summed E-state index contributed by atoms with van der Waals surface area (Å²) in [6.45, 7) is 1.96. The Labute approximate surface area is 147 Å². The topological polar surface area (TPSA) is 53.4 Å². The van der Waals surface area contributed by atoms with E-state index in [0.717, 1.165) is 41.2 Å². The zero-order valence-corrected chi connectivity index (χ0v) is 14.8. The molecule has 0 unspecified atom stereocenters. The van der Waals surface area contributed by atoms with Crippen molar-refractivity contribution in [2.45, 2.75) is 0 Å². The van der Waals surface area contributed by atoms with Gasteiger partial charge in [0.15, 0.2) is 0 Å². The van der Waals surface area contributed by atoms with Crippen LogP contribution in [0.5, 0.6) is 0 Å². The number of hydrogen-bond donors (Lipinski definition) is 1. The fourth-order valence-electron chi connectivity index (χ4n) is 2.70. The summed E-state index contributed by atoms with van der Waals surface area (Å²) in [5, 5.41) is 2.65. The van der Waals surface area contributed by atoms with Gasteiger partial charge in [-0.05, 0) is 56.6 Å². The summed E-state index contributed by atoms with van der Waals surface area (Å²) in [5.74, 6) is 0. The van der Waals surface area contributed by atoms with Crippen LogP contribution >= 0.6 is 0 Å². The summed E-state index contributed by atoms with van der Waals surface area (Å²) < 4.78 is 2.06. The lowest BCUT2D eigenvalue weighted by molar-refractivity contribution is -0.105. The Morgan fingerprint density at radius 2 is 1.84 bits per heavy atom. The number of nitrogens with zero attached hydrogens (tertiary/aromatic N) is 4. The number of benzene rings is 2. The number of carbonyl (C=O) groups excluding carboxylic acids is 1. The molecule has 1 amide bonds. The molecule has 0 atom stereocenters. The molecule has 3 aromatic rings. The van der Waals surface area contributed by atoms with E-state index < -0.39 is 0 Å². The van der Waals surface area contributed by atoms with Gasteiger partial charge in [0, 0.05) is 37.2 Å². The standard InChI is InChI=1S/C19H23N5O/c1-22(2)10-11-23(3)17-8-9-18-19(12-17)24(13-20-18)16-6-4-15(5-7-16)21-14-25/h4-9,12-14H,10-11H2,1-3H3,(H,21,25). The molecule has 6 heteroatoms. The minimum atomic E-state index is 0.678. The van der Waals surface area contributed by atoms with Crippen LogP contribution in [0.4, 0.5) is 11.4 Å². The number of likely N-dealkylation sites (N-methyl/N-ethyl adjacent to an activating group) is 2. The van der Waals surface area contributed by atoms with E-state index in [9.17, 15) is 4.79 Å². The van der Waals surface area contributed by atoms with Crippen molar-refractivity contribution in [1.29, 1.82) is 0 Å². The van der Waals surface area contributed by atoms with Gasteiger partial charge in [-0.2, -0.15) is 0 Å². The predicted molar refractivity (Wildman–Crippen MR) is 103 cm³/mol. The highest BCUT2D eigenvalue weighted by Crippen LogP contribution is 2.24. The van der Waals surface area contributed by atoms with Gasteiger partial charge in [0.05, 0.1) is 11.0 Å². The summed E-state index contributed by atoms with van der Waals surface area (Å²) in [4.78, 5) is 19.4. The maximum absolute atomic E-state index is 10.5. The van der Waals surface area contributed by atoms with E-state index in [0.29, 0.717) is 6.41 Å². The summed E-state index contributed by atoms with van der Waals surface area (Å²) in [5.41, 5.74) is 4.96. The Morgan fingerprint density at radius 1 is 1.08 bits per heavy atom. The van der Waals surface area contributed by atoms with E-state index >= 15 is 0 Å². The number of anilines is 2. The quantitative estimate of drug-likeness (QED) is 0.673. The number of amides is 1. The molecule has 0 aliphatic rings. The third-order valence-electron chi connectivity index (χ3n) is 4.23. The minimum Gasteiger partial charge on any atom is -0.373 e. The number of imidazole rings is 1. The third kappa shape index (κ3) is 3.80. The maximum atomic E-state index is 10.5. The van der Waals surface area contributed by atoms with Crippen LogP contribution in [0, 0.1) is 0 Å². The van der Waals surface area contributed by atoms with E-state index in [4.69, 9.17) is 0 Å². The lowest BCUT2D eigenvalue weighted by Gasteiger charge is -2.21. The second-order valence-electron chi connectivity index (χ2n) is 6.32. The number of carbonyl (C=O) groups is 1. The van der Waals surface area contributed by atoms with Gasteiger partial charge in [-0.1, -0.05) is 0 Å².